The van der Waals surface area contributed by atoms with Crippen LogP contribution in [0.25, 0.3) is 0 Å². The van der Waals surface area contributed by atoms with E-state index >= 15 is 0 Å². The van der Waals surface area contributed by atoms with Crippen LogP contribution >= 0.6 is 0 Å². The minimum atomic E-state index is -3.68. The molecule has 1 aliphatic heterocycles. The molecule has 1 aromatic carbocycles. The molecule has 0 aliphatic carbocycles. The van der Waals surface area contributed by atoms with E-state index in [9.17, 15) is 18.0 Å². The highest BCUT2D eigenvalue weighted by Crippen LogP contribution is 2.21. The molecule has 9 heteroatoms. The fourth-order valence-corrected chi connectivity index (χ4v) is 4.75. The van der Waals surface area contributed by atoms with Gasteiger partial charge in [0.05, 0.1) is 10.9 Å². The predicted molar refractivity (Wildman–Crippen MR) is 109 cm³/mol. The average molecular weight is 411 g/mol. The largest absolute Gasteiger partial charge is 0.347 e. The number of hydrogen-bond donors (Lipinski definition) is 2. The Hall–Kier alpha value is -1.97. The lowest BCUT2D eigenvalue weighted by atomic mass is 10.2. The fraction of sp³-hybridized carbons (Fsp3) is 0.579. The minimum Gasteiger partial charge on any atom is -0.347 e. The first-order chi connectivity index (χ1) is 13.1. The lowest BCUT2D eigenvalue weighted by molar-refractivity contribution is -0.133. The Balaban J connectivity index is 1.93. The van der Waals surface area contributed by atoms with Crippen LogP contribution in [0.3, 0.4) is 0 Å². The van der Waals surface area contributed by atoms with E-state index in [1.54, 1.807) is 38.1 Å². The Labute approximate surface area is 167 Å². The first-order valence-electron chi connectivity index (χ1n) is 9.45. The van der Waals surface area contributed by atoms with Crippen LogP contribution < -0.4 is 10.0 Å². The number of nitrogens with zero attached hydrogens (tertiary/aromatic N) is 2. The number of likely N-dealkylation sites (N-methyl/N-ethyl adjacent to an activating group) is 1. The number of carbonyl (C=O) groups excluding carboxylic acids is 2. The number of nitrogens with one attached hydrogen (secondary N) is 2. The fourth-order valence-electron chi connectivity index (χ4n) is 3.41. The van der Waals surface area contributed by atoms with E-state index in [1.807, 2.05) is 0 Å². The number of aryl methyl sites for hydroxylation is 1. The lowest BCUT2D eigenvalue weighted by Gasteiger charge is -2.26. The second-order valence-corrected chi connectivity index (χ2v) is 9.07. The van der Waals surface area contributed by atoms with Crippen molar-refractivity contribution in [2.75, 3.05) is 39.0 Å². The molecule has 2 N–H and O–H groups in total. The molecule has 156 valence electrons. The van der Waals surface area contributed by atoms with Gasteiger partial charge in [0.15, 0.2) is 0 Å². The molecule has 0 bridgehead atoms. The van der Waals surface area contributed by atoms with Gasteiger partial charge in [-0.25, -0.2) is 13.1 Å². The molecular weight excluding hydrogens is 380 g/mol. The van der Waals surface area contributed by atoms with Gasteiger partial charge in [-0.1, -0.05) is 6.07 Å². The van der Waals surface area contributed by atoms with E-state index in [0.29, 0.717) is 24.2 Å². The van der Waals surface area contributed by atoms with Crippen molar-refractivity contribution in [3.05, 3.63) is 23.8 Å². The van der Waals surface area contributed by atoms with E-state index < -0.39 is 10.0 Å². The normalized spacial score (nSPS) is 17.5. The molecule has 2 rings (SSSR count). The van der Waals surface area contributed by atoms with Gasteiger partial charge in [0.2, 0.25) is 21.8 Å². The third kappa shape index (κ3) is 5.76. The van der Waals surface area contributed by atoms with Gasteiger partial charge in [-0.2, -0.15) is 0 Å². The molecule has 0 radical (unpaired) electrons. The molecule has 1 aromatic rings. The first kappa shape index (κ1) is 22.3. The van der Waals surface area contributed by atoms with E-state index in [1.165, 1.54) is 13.0 Å². The highest BCUT2D eigenvalue weighted by molar-refractivity contribution is 7.89. The number of carbonyl (C=O) groups is 2. The number of benzene rings is 1. The summed E-state index contributed by atoms with van der Waals surface area (Å²) >= 11 is 0. The highest BCUT2D eigenvalue weighted by Gasteiger charge is 2.31. The molecule has 0 spiro atoms. The highest BCUT2D eigenvalue weighted by atomic mass is 32.2. The van der Waals surface area contributed by atoms with Crippen LogP contribution in [0.2, 0.25) is 0 Å². The summed E-state index contributed by atoms with van der Waals surface area (Å²) < 4.78 is 27.9. The monoisotopic (exact) mass is 410 g/mol. The van der Waals surface area contributed by atoms with Crippen LogP contribution in [-0.4, -0.2) is 69.8 Å². The van der Waals surface area contributed by atoms with Crippen molar-refractivity contribution in [1.29, 1.82) is 0 Å². The quantitative estimate of drug-likeness (QED) is 0.627. The van der Waals surface area contributed by atoms with Crippen LogP contribution in [-0.2, 0) is 19.6 Å². The van der Waals surface area contributed by atoms with Crippen LogP contribution in [0.1, 0.15) is 31.7 Å². The Morgan fingerprint density at radius 3 is 2.64 bits per heavy atom. The maximum Gasteiger partial charge on any atom is 0.240 e. The van der Waals surface area contributed by atoms with E-state index in [-0.39, 0.29) is 29.3 Å². The molecule has 28 heavy (non-hydrogen) atoms. The maximum atomic E-state index is 12.7. The Kier molecular flexibility index (Phi) is 7.56. The number of rotatable bonds is 8. The molecule has 1 atom stereocenters. The van der Waals surface area contributed by atoms with Crippen LogP contribution in [0.4, 0.5) is 5.69 Å². The zero-order valence-electron chi connectivity index (χ0n) is 17.0. The van der Waals surface area contributed by atoms with Crippen molar-refractivity contribution in [3.8, 4) is 0 Å². The Morgan fingerprint density at radius 1 is 1.29 bits per heavy atom. The number of sulfonamides is 1. The topological polar surface area (TPSA) is 98.8 Å². The van der Waals surface area contributed by atoms with E-state index in [2.05, 4.69) is 14.9 Å². The smallest absolute Gasteiger partial charge is 0.240 e. The van der Waals surface area contributed by atoms with Crippen molar-refractivity contribution in [2.45, 2.75) is 44.0 Å². The summed E-state index contributed by atoms with van der Waals surface area (Å²) in [6.07, 6.45) is 2.43. The van der Waals surface area contributed by atoms with Gasteiger partial charge in [0, 0.05) is 39.8 Å². The Morgan fingerprint density at radius 2 is 2.00 bits per heavy atom. The van der Waals surface area contributed by atoms with Gasteiger partial charge in [-0.05, 0) is 50.4 Å². The third-order valence-corrected chi connectivity index (χ3v) is 6.40. The van der Waals surface area contributed by atoms with Crippen molar-refractivity contribution >= 4 is 27.5 Å². The summed E-state index contributed by atoms with van der Waals surface area (Å²) in [6.45, 7) is 4.89. The van der Waals surface area contributed by atoms with Gasteiger partial charge in [-0.3, -0.25) is 14.5 Å². The molecule has 1 aliphatic rings. The number of amides is 2. The maximum absolute atomic E-state index is 12.7. The summed E-state index contributed by atoms with van der Waals surface area (Å²) in [4.78, 5) is 27.3. The molecule has 1 unspecified atom stereocenters. The number of anilines is 1. The standard InChI is InChI=1S/C19H30N4O4S/c1-14-8-9-16(21-15(2)24)13-18(14)28(26,27)20-10-6-12-23-11-5-7-17(23)19(25)22(3)4/h8-9,13,17,20H,5-7,10-12H2,1-4H3,(H,21,24). The number of hydrogen-bond acceptors (Lipinski definition) is 5. The summed E-state index contributed by atoms with van der Waals surface area (Å²) in [5, 5.41) is 2.60. The van der Waals surface area contributed by atoms with Gasteiger partial charge < -0.3 is 10.2 Å². The van der Waals surface area contributed by atoms with Crippen molar-refractivity contribution < 1.29 is 18.0 Å². The summed E-state index contributed by atoms with van der Waals surface area (Å²) in [5.41, 5.74) is 1.05. The summed E-state index contributed by atoms with van der Waals surface area (Å²) in [6, 6.07) is 4.70. The average Bonchev–Trinajstić information content (AvgIpc) is 3.07. The van der Waals surface area contributed by atoms with Gasteiger partial charge in [0.25, 0.3) is 0 Å². The first-order valence-corrected chi connectivity index (χ1v) is 10.9. The van der Waals surface area contributed by atoms with Crippen molar-refractivity contribution in [2.24, 2.45) is 0 Å². The molecule has 0 saturated carbocycles. The van der Waals surface area contributed by atoms with Gasteiger partial charge >= 0.3 is 0 Å². The summed E-state index contributed by atoms with van der Waals surface area (Å²) in [7, 11) is -0.175. The van der Waals surface area contributed by atoms with Crippen molar-refractivity contribution in [3.63, 3.8) is 0 Å². The SMILES string of the molecule is CC(=O)Nc1ccc(C)c(S(=O)(=O)NCCCN2CCCC2C(=O)N(C)C)c1. The van der Waals surface area contributed by atoms with Crippen LogP contribution in [0, 0.1) is 6.92 Å². The number of likely N-dealkylation sites (tertiary alicyclic amines) is 1. The second kappa shape index (κ2) is 9.49. The van der Waals surface area contributed by atoms with Crippen molar-refractivity contribution in [1.82, 2.24) is 14.5 Å². The molecule has 8 nitrogen and oxygen atoms in total. The van der Waals surface area contributed by atoms with Crippen LogP contribution in [0.15, 0.2) is 23.1 Å². The molecule has 0 aromatic heterocycles. The lowest BCUT2D eigenvalue weighted by Crippen LogP contribution is -2.43. The zero-order valence-corrected chi connectivity index (χ0v) is 17.8. The predicted octanol–water partition coefficient (Wildman–Crippen LogP) is 1.17. The molecule has 1 fully saturated rings. The third-order valence-electron chi connectivity index (χ3n) is 4.80. The molecule has 1 saturated heterocycles. The van der Waals surface area contributed by atoms with E-state index in [4.69, 9.17) is 0 Å². The zero-order chi connectivity index (χ0) is 20.9. The van der Waals surface area contributed by atoms with E-state index in [0.717, 1.165) is 19.4 Å². The van der Waals surface area contributed by atoms with Crippen LogP contribution in [0.5, 0.6) is 0 Å². The molecular formula is C19H30N4O4S. The molecule has 1 heterocycles. The van der Waals surface area contributed by atoms with Gasteiger partial charge in [-0.15, -0.1) is 0 Å². The summed E-state index contributed by atoms with van der Waals surface area (Å²) in [5.74, 6) is -0.156. The molecule has 2 amide bonds. The minimum absolute atomic E-state index is 0.100. The van der Waals surface area contributed by atoms with Gasteiger partial charge in [0.1, 0.15) is 0 Å². The Bertz CT molecular complexity index is 823. The second-order valence-electron chi connectivity index (χ2n) is 7.34.